The molecule has 0 fully saturated rings. The third-order valence-electron chi connectivity index (χ3n) is 2.98. The van der Waals surface area contributed by atoms with Crippen LogP contribution in [0.4, 0.5) is 0 Å². The van der Waals surface area contributed by atoms with E-state index in [1.54, 1.807) is 31.3 Å². The van der Waals surface area contributed by atoms with Crippen molar-refractivity contribution in [1.82, 2.24) is 9.78 Å². The molecule has 0 saturated carbocycles. The summed E-state index contributed by atoms with van der Waals surface area (Å²) in [6.45, 7) is 3.63. The van der Waals surface area contributed by atoms with E-state index in [2.05, 4.69) is 5.10 Å². The highest BCUT2D eigenvalue weighted by Gasteiger charge is 2.16. The van der Waals surface area contributed by atoms with E-state index in [4.69, 9.17) is 16.7 Å². The molecule has 0 spiro atoms. The van der Waals surface area contributed by atoms with Crippen molar-refractivity contribution in [2.75, 3.05) is 0 Å². The number of aromatic carboxylic acids is 1. The van der Waals surface area contributed by atoms with E-state index in [1.165, 1.54) is 4.68 Å². The van der Waals surface area contributed by atoms with Gasteiger partial charge in [-0.2, -0.15) is 5.10 Å². The van der Waals surface area contributed by atoms with E-state index >= 15 is 0 Å². The SMILES string of the molecule is CCc1cn(-c2ccc(Cl)cc2C)nc(C(=O)O)c1=O. The van der Waals surface area contributed by atoms with Crippen LogP contribution in [0.25, 0.3) is 5.69 Å². The van der Waals surface area contributed by atoms with Crippen LogP contribution in [0, 0.1) is 6.92 Å². The molecule has 2 rings (SSSR count). The van der Waals surface area contributed by atoms with Gasteiger partial charge in [-0.15, -0.1) is 0 Å². The molecule has 1 aromatic carbocycles. The molecular formula is C14H13ClN2O3. The molecule has 6 heteroatoms. The molecule has 5 nitrogen and oxygen atoms in total. The average Bonchev–Trinajstić information content (AvgIpc) is 2.39. The van der Waals surface area contributed by atoms with Gasteiger partial charge in [-0.1, -0.05) is 18.5 Å². The smallest absolute Gasteiger partial charge is 0.360 e. The lowest BCUT2D eigenvalue weighted by atomic mass is 10.1. The van der Waals surface area contributed by atoms with Gasteiger partial charge in [0.05, 0.1) is 5.69 Å². The summed E-state index contributed by atoms with van der Waals surface area (Å²) in [6.07, 6.45) is 2.00. The molecule has 1 N–H and O–H groups in total. The number of carboxylic acid groups (broad SMARTS) is 1. The van der Waals surface area contributed by atoms with Crippen LogP contribution < -0.4 is 5.43 Å². The van der Waals surface area contributed by atoms with E-state index in [1.807, 2.05) is 6.92 Å². The molecule has 2 aromatic rings. The van der Waals surface area contributed by atoms with Gasteiger partial charge in [0.1, 0.15) is 0 Å². The van der Waals surface area contributed by atoms with E-state index in [0.29, 0.717) is 22.7 Å². The molecule has 20 heavy (non-hydrogen) atoms. The Bertz CT molecular complexity index is 738. The molecule has 104 valence electrons. The average molecular weight is 293 g/mol. The van der Waals surface area contributed by atoms with Crippen molar-refractivity contribution in [3.8, 4) is 5.69 Å². The van der Waals surface area contributed by atoms with E-state index < -0.39 is 17.1 Å². The van der Waals surface area contributed by atoms with Crippen molar-refractivity contribution in [2.24, 2.45) is 0 Å². The lowest BCUT2D eigenvalue weighted by molar-refractivity contribution is 0.0686. The lowest BCUT2D eigenvalue weighted by Gasteiger charge is -2.11. The van der Waals surface area contributed by atoms with E-state index in [0.717, 1.165) is 5.56 Å². The predicted octanol–water partition coefficient (Wildman–Crippen LogP) is 2.45. The van der Waals surface area contributed by atoms with Crippen LogP contribution in [0.2, 0.25) is 5.02 Å². The highest BCUT2D eigenvalue weighted by atomic mass is 35.5. The summed E-state index contributed by atoms with van der Waals surface area (Å²) >= 11 is 5.90. The molecule has 0 saturated heterocycles. The second kappa shape index (κ2) is 5.46. The van der Waals surface area contributed by atoms with Gasteiger partial charge in [0, 0.05) is 16.8 Å². The molecule has 0 aliphatic heterocycles. The third kappa shape index (κ3) is 2.58. The number of benzene rings is 1. The third-order valence-corrected chi connectivity index (χ3v) is 3.22. The van der Waals surface area contributed by atoms with Crippen molar-refractivity contribution < 1.29 is 9.90 Å². The van der Waals surface area contributed by atoms with Gasteiger partial charge in [-0.3, -0.25) is 4.79 Å². The van der Waals surface area contributed by atoms with Crippen LogP contribution in [0.1, 0.15) is 28.5 Å². The van der Waals surface area contributed by atoms with Gasteiger partial charge in [0.15, 0.2) is 0 Å². The number of hydrogen-bond donors (Lipinski definition) is 1. The summed E-state index contributed by atoms with van der Waals surface area (Å²) in [5.41, 5.74) is 0.923. The number of rotatable bonds is 3. The first-order valence-electron chi connectivity index (χ1n) is 6.06. The summed E-state index contributed by atoms with van der Waals surface area (Å²) in [5, 5.41) is 13.6. The number of nitrogens with zero attached hydrogens (tertiary/aromatic N) is 2. The van der Waals surface area contributed by atoms with Gasteiger partial charge >= 0.3 is 5.97 Å². The Morgan fingerprint density at radius 1 is 1.45 bits per heavy atom. The van der Waals surface area contributed by atoms with Crippen LogP contribution in [0.15, 0.2) is 29.2 Å². The summed E-state index contributed by atoms with van der Waals surface area (Å²) in [7, 11) is 0. The fourth-order valence-electron chi connectivity index (χ4n) is 1.93. The largest absolute Gasteiger partial charge is 0.476 e. The van der Waals surface area contributed by atoms with Gasteiger partial charge in [0.25, 0.3) is 0 Å². The normalized spacial score (nSPS) is 10.6. The zero-order valence-corrected chi connectivity index (χ0v) is 11.8. The molecule has 0 radical (unpaired) electrons. The summed E-state index contributed by atoms with van der Waals surface area (Å²) in [6, 6.07) is 5.18. The zero-order valence-electron chi connectivity index (χ0n) is 11.1. The number of aromatic nitrogens is 2. The monoisotopic (exact) mass is 292 g/mol. The number of halogens is 1. The van der Waals surface area contributed by atoms with Gasteiger partial charge in [-0.05, 0) is 37.1 Å². The molecule has 1 aromatic heterocycles. The molecule has 0 amide bonds. The van der Waals surface area contributed by atoms with Crippen LogP contribution in [-0.2, 0) is 6.42 Å². The van der Waals surface area contributed by atoms with Gasteiger partial charge < -0.3 is 5.11 Å². The Hall–Kier alpha value is -2.14. The molecule has 0 aliphatic rings. The maximum atomic E-state index is 11.9. The minimum Gasteiger partial charge on any atom is -0.476 e. The van der Waals surface area contributed by atoms with Crippen LogP contribution >= 0.6 is 11.6 Å². The number of aryl methyl sites for hydroxylation is 2. The Kier molecular flexibility index (Phi) is 3.90. The quantitative estimate of drug-likeness (QED) is 0.943. The van der Waals surface area contributed by atoms with Crippen molar-refractivity contribution in [2.45, 2.75) is 20.3 Å². The van der Waals surface area contributed by atoms with Crippen molar-refractivity contribution >= 4 is 17.6 Å². The molecule has 1 heterocycles. The number of carboxylic acids is 1. The summed E-state index contributed by atoms with van der Waals surface area (Å²) < 4.78 is 1.41. The Labute approximate surface area is 120 Å². The van der Waals surface area contributed by atoms with Crippen molar-refractivity contribution in [1.29, 1.82) is 0 Å². The molecule has 0 bridgehead atoms. The Morgan fingerprint density at radius 3 is 2.70 bits per heavy atom. The van der Waals surface area contributed by atoms with E-state index in [-0.39, 0.29) is 0 Å². The summed E-state index contributed by atoms with van der Waals surface area (Å²) in [5.74, 6) is -1.33. The lowest BCUT2D eigenvalue weighted by Crippen LogP contribution is -2.24. The standard InChI is InChI=1S/C14H13ClN2O3/c1-3-9-7-17(16-12(13(9)18)14(19)20)11-5-4-10(15)6-8(11)2/h4-7H,3H2,1-2H3,(H,19,20). The predicted molar refractivity (Wildman–Crippen MR) is 75.9 cm³/mol. The van der Waals surface area contributed by atoms with Crippen molar-refractivity contribution in [3.63, 3.8) is 0 Å². The van der Waals surface area contributed by atoms with Crippen LogP contribution in [-0.4, -0.2) is 20.9 Å². The molecule has 0 aliphatic carbocycles. The maximum absolute atomic E-state index is 11.9. The highest BCUT2D eigenvalue weighted by molar-refractivity contribution is 6.30. The van der Waals surface area contributed by atoms with E-state index in [9.17, 15) is 9.59 Å². The second-order valence-corrected chi connectivity index (χ2v) is 4.80. The first-order valence-corrected chi connectivity index (χ1v) is 6.44. The van der Waals surface area contributed by atoms with Crippen LogP contribution in [0.5, 0.6) is 0 Å². The zero-order chi connectivity index (χ0) is 14.9. The maximum Gasteiger partial charge on any atom is 0.360 e. The number of hydrogen-bond acceptors (Lipinski definition) is 3. The Balaban J connectivity index is 2.71. The summed E-state index contributed by atoms with van der Waals surface area (Å²) in [4.78, 5) is 23.0. The number of carbonyl (C=O) groups is 1. The first kappa shape index (κ1) is 14.3. The molecular weight excluding hydrogens is 280 g/mol. The van der Waals surface area contributed by atoms with Gasteiger partial charge in [-0.25, -0.2) is 9.48 Å². The first-order chi connectivity index (χ1) is 9.43. The minimum atomic E-state index is -1.33. The Morgan fingerprint density at radius 2 is 2.15 bits per heavy atom. The fourth-order valence-corrected chi connectivity index (χ4v) is 2.16. The minimum absolute atomic E-state index is 0.409. The topological polar surface area (TPSA) is 72.2 Å². The van der Waals surface area contributed by atoms with Crippen molar-refractivity contribution in [3.05, 3.63) is 56.5 Å². The van der Waals surface area contributed by atoms with Crippen LogP contribution in [0.3, 0.4) is 0 Å². The fraction of sp³-hybridized carbons (Fsp3) is 0.214. The molecule has 0 atom stereocenters. The van der Waals surface area contributed by atoms with Gasteiger partial charge in [0.2, 0.25) is 11.1 Å². The highest BCUT2D eigenvalue weighted by Crippen LogP contribution is 2.18. The second-order valence-electron chi connectivity index (χ2n) is 4.37. The molecule has 0 unspecified atom stereocenters.